The minimum Gasteiger partial charge on any atom is -0.356 e. The van der Waals surface area contributed by atoms with Crippen molar-refractivity contribution in [2.24, 2.45) is 16.8 Å². The Morgan fingerprint density at radius 3 is 2.77 bits per heavy atom. The van der Waals surface area contributed by atoms with Crippen molar-refractivity contribution in [2.45, 2.75) is 31.7 Å². The lowest BCUT2D eigenvalue weighted by molar-refractivity contribution is -0.122. The Hall–Kier alpha value is -1.60. The fourth-order valence-corrected chi connectivity index (χ4v) is 4.67. The third-order valence-corrected chi connectivity index (χ3v) is 6.20. The summed E-state index contributed by atoms with van der Waals surface area (Å²) in [6, 6.07) is 4.87. The average Bonchev–Trinajstić information content (AvgIpc) is 3.37. The van der Waals surface area contributed by atoms with Gasteiger partial charge in [0.15, 0.2) is 5.96 Å². The van der Waals surface area contributed by atoms with Crippen molar-refractivity contribution in [3.8, 4) is 0 Å². The maximum atomic E-state index is 11.6. The molecule has 3 N–H and O–H groups in total. The number of nitrogens with one attached hydrogen (secondary N) is 3. The molecule has 2 heterocycles. The van der Waals surface area contributed by atoms with Crippen molar-refractivity contribution in [3.63, 3.8) is 0 Å². The van der Waals surface area contributed by atoms with Gasteiger partial charge in [0.05, 0.1) is 0 Å². The van der Waals surface area contributed by atoms with Crippen LogP contribution in [0, 0.1) is 11.8 Å². The number of piperidine rings is 1. The van der Waals surface area contributed by atoms with Crippen LogP contribution < -0.4 is 16.0 Å². The molecule has 1 aromatic heterocycles. The summed E-state index contributed by atoms with van der Waals surface area (Å²) in [5, 5.41) is 11.9. The highest BCUT2D eigenvalue weighted by molar-refractivity contribution is 7.10. The molecule has 1 saturated heterocycles. The van der Waals surface area contributed by atoms with Crippen molar-refractivity contribution in [2.75, 3.05) is 40.3 Å². The van der Waals surface area contributed by atoms with E-state index in [1.807, 2.05) is 11.3 Å². The van der Waals surface area contributed by atoms with Crippen molar-refractivity contribution in [3.05, 3.63) is 22.4 Å². The lowest BCUT2D eigenvalue weighted by Crippen LogP contribution is -2.46. The number of hydrogen-bond acceptors (Lipinski definition) is 4. The lowest BCUT2D eigenvalue weighted by atomic mass is 9.88. The van der Waals surface area contributed by atoms with Crippen LogP contribution in [-0.2, 0) is 4.79 Å². The fraction of sp³-hybridized carbons (Fsp3) is 0.684. The quantitative estimate of drug-likeness (QED) is 0.385. The maximum absolute atomic E-state index is 11.6. The molecule has 0 spiro atoms. The SMILES string of the molecule is CN=C(NCCNC(=O)C1CC1)NCC1CCCN(C)C1c1cccs1. The van der Waals surface area contributed by atoms with Gasteiger partial charge in [0, 0.05) is 43.5 Å². The molecule has 6 nitrogen and oxygen atoms in total. The van der Waals surface area contributed by atoms with Gasteiger partial charge in [-0.1, -0.05) is 6.07 Å². The van der Waals surface area contributed by atoms with Gasteiger partial charge in [-0.3, -0.25) is 14.7 Å². The summed E-state index contributed by atoms with van der Waals surface area (Å²) in [7, 11) is 4.02. The van der Waals surface area contributed by atoms with E-state index < -0.39 is 0 Å². The smallest absolute Gasteiger partial charge is 0.223 e. The van der Waals surface area contributed by atoms with E-state index in [1.54, 1.807) is 7.05 Å². The van der Waals surface area contributed by atoms with Crippen LogP contribution in [0.2, 0.25) is 0 Å². The Kier molecular flexibility index (Phi) is 6.91. The van der Waals surface area contributed by atoms with Gasteiger partial charge in [0.25, 0.3) is 0 Å². The monoisotopic (exact) mass is 377 g/mol. The van der Waals surface area contributed by atoms with Crippen LogP contribution in [0.1, 0.15) is 36.6 Å². The van der Waals surface area contributed by atoms with Gasteiger partial charge in [0.1, 0.15) is 0 Å². The van der Waals surface area contributed by atoms with Crippen molar-refractivity contribution in [1.29, 1.82) is 0 Å². The predicted molar refractivity (Wildman–Crippen MR) is 108 cm³/mol. The third kappa shape index (κ3) is 5.20. The van der Waals surface area contributed by atoms with Gasteiger partial charge < -0.3 is 16.0 Å². The summed E-state index contributed by atoms with van der Waals surface area (Å²) < 4.78 is 0. The van der Waals surface area contributed by atoms with E-state index in [4.69, 9.17) is 0 Å². The molecular formula is C19H31N5OS. The van der Waals surface area contributed by atoms with Crippen LogP contribution in [0.4, 0.5) is 0 Å². The van der Waals surface area contributed by atoms with Gasteiger partial charge in [0.2, 0.25) is 5.91 Å². The van der Waals surface area contributed by atoms with Gasteiger partial charge in [-0.25, -0.2) is 0 Å². The molecule has 7 heteroatoms. The van der Waals surface area contributed by atoms with Crippen molar-refractivity contribution < 1.29 is 4.79 Å². The molecule has 144 valence electrons. The molecule has 26 heavy (non-hydrogen) atoms. The highest BCUT2D eigenvalue weighted by atomic mass is 32.1. The van der Waals surface area contributed by atoms with Crippen molar-refractivity contribution in [1.82, 2.24) is 20.9 Å². The number of nitrogens with zero attached hydrogens (tertiary/aromatic N) is 2. The standard InChI is InChI=1S/C19H31N5OS/c1-20-19(22-10-9-21-18(25)14-7-8-14)23-13-15-5-3-11-24(2)17(15)16-6-4-12-26-16/h4,6,12,14-15,17H,3,5,7-11,13H2,1-2H3,(H,21,25)(H2,20,22,23). The summed E-state index contributed by atoms with van der Waals surface area (Å²) in [6.45, 7) is 3.39. The molecule has 1 aromatic rings. The van der Waals surface area contributed by atoms with E-state index in [2.05, 4.69) is 50.4 Å². The van der Waals surface area contributed by atoms with E-state index >= 15 is 0 Å². The summed E-state index contributed by atoms with van der Waals surface area (Å²) in [6.07, 6.45) is 4.56. The van der Waals surface area contributed by atoms with Crippen LogP contribution >= 0.6 is 11.3 Å². The number of hydrogen-bond donors (Lipinski definition) is 3. The minimum atomic E-state index is 0.193. The Morgan fingerprint density at radius 1 is 1.27 bits per heavy atom. The zero-order chi connectivity index (χ0) is 18.4. The molecule has 3 rings (SSSR count). The van der Waals surface area contributed by atoms with Gasteiger partial charge in [-0.15, -0.1) is 11.3 Å². The van der Waals surface area contributed by atoms with E-state index in [0.717, 1.165) is 31.9 Å². The van der Waals surface area contributed by atoms with E-state index in [-0.39, 0.29) is 11.8 Å². The Morgan fingerprint density at radius 2 is 2.08 bits per heavy atom. The Balaban J connectivity index is 1.43. The number of carbonyl (C=O) groups excluding carboxylic acids is 1. The van der Waals surface area contributed by atoms with Crippen LogP contribution in [0.5, 0.6) is 0 Å². The maximum Gasteiger partial charge on any atom is 0.223 e. The second-order valence-electron chi connectivity index (χ2n) is 7.29. The molecule has 1 amide bonds. The summed E-state index contributed by atoms with van der Waals surface area (Å²) >= 11 is 1.85. The Labute approximate surface area is 160 Å². The van der Waals surface area contributed by atoms with Crippen LogP contribution in [-0.4, -0.2) is 57.0 Å². The molecule has 1 aliphatic carbocycles. The van der Waals surface area contributed by atoms with Crippen LogP contribution in [0.3, 0.4) is 0 Å². The average molecular weight is 378 g/mol. The van der Waals surface area contributed by atoms with Gasteiger partial charge >= 0.3 is 0 Å². The molecule has 2 atom stereocenters. The summed E-state index contributed by atoms with van der Waals surface area (Å²) in [5.41, 5.74) is 0. The summed E-state index contributed by atoms with van der Waals surface area (Å²) in [4.78, 5) is 19.9. The highest BCUT2D eigenvalue weighted by Gasteiger charge is 2.31. The molecule has 2 fully saturated rings. The molecule has 0 aromatic carbocycles. The normalized spacial score (nSPS) is 24.3. The first kappa shape index (κ1) is 19.2. The number of guanidine groups is 1. The van der Waals surface area contributed by atoms with Crippen LogP contribution in [0.15, 0.2) is 22.5 Å². The second-order valence-corrected chi connectivity index (χ2v) is 8.27. The number of thiophene rings is 1. The molecule has 2 aliphatic rings. The predicted octanol–water partition coefficient (Wildman–Crippen LogP) is 1.82. The first-order valence-corrected chi connectivity index (χ1v) is 10.5. The lowest BCUT2D eigenvalue weighted by Gasteiger charge is -2.39. The summed E-state index contributed by atoms with van der Waals surface area (Å²) in [5.74, 6) is 1.84. The molecular weight excluding hydrogens is 346 g/mol. The second kappa shape index (κ2) is 9.37. The molecule has 0 bridgehead atoms. The zero-order valence-electron chi connectivity index (χ0n) is 15.8. The first-order chi connectivity index (χ1) is 12.7. The third-order valence-electron chi connectivity index (χ3n) is 5.26. The van der Waals surface area contributed by atoms with E-state index in [0.29, 0.717) is 25.0 Å². The fourth-order valence-electron chi connectivity index (χ4n) is 3.69. The Bertz CT molecular complexity index is 599. The topological polar surface area (TPSA) is 68.8 Å². The van der Waals surface area contributed by atoms with E-state index in [1.165, 1.54) is 17.7 Å². The number of aliphatic imine (C=N–C) groups is 1. The molecule has 1 aliphatic heterocycles. The highest BCUT2D eigenvalue weighted by Crippen LogP contribution is 2.36. The number of rotatable bonds is 7. The van der Waals surface area contributed by atoms with Crippen LogP contribution in [0.25, 0.3) is 0 Å². The number of likely N-dealkylation sites (tertiary alicyclic amines) is 1. The largest absolute Gasteiger partial charge is 0.356 e. The van der Waals surface area contributed by atoms with E-state index in [9.17, 15) is 4.79 Å². The number of amides is 1. The zero-order valence-corrected chi connectivity index (χ0v) is 16.6. The van der Waals surface area contributed by atoms with Gasteiger partial charge in [-0.05, 0) is 56.6 Å². The number of carbonyl (C=O) groups is 1. The van der Waals surface area contributed by atoms with Crippen molar-refractivity contribution >= 4 is 23.2 Å². The minimum absolute atomic E-state index is 0.193. The molecule has 1 saturated carbocycles. The first-order valence-electron chi connectivity index (χ1n) is 9.65. The van der Waals surface area contributed by atoms with Gasteiger partial charge in [-0.2, -0.15) is 0 Å². The molecule has 2 unspecified atom stereocenters. The molecule has 0 radical (unpaired) electrons.